The van der Waals surface area contributed by atoms with Crippen molar-refractivity contribution in [1.82, 2.24) is 0 Å². The fourth-order valence-corrected chi connectivity index (χ4v) is 15.0. The molecule has 268 valence electrons. The van der Waals surface area contributed by atoms with Gasteiger partial charge in [-0.05, 0) is 58.5 Å². The van der Waals surface area contributed by atoms with Crippen molar-refractivity contribution in [3.8, 4) is 11.1 Å². The molecule has 0 fully saturated rings. The van der Waals surface area contributed by atoms with Crippen LogP contribution in [0.3, 0.4) is 0 Å². The number of hydrogen-bond donors (Lipinski definition) is 1. The molecule has 2 N–H and O–H groups in total. The van der Waals surface area contributed by atoms with Crippen molar-refractivity contribution in [1.29, 1.82) is 0 Å². The van der Waals surface area contributed by atoms with E-state index in [1.165, 1.54) is 37.9 Å². The normalized spacial score (nSPS) is 14.6. The molecule has 0 aliphatic carbocycles. The van der Waals surface area contributed by atoms with Crippen LogP contribution in [0.4, 0.5) is 5.69 Å². The van der Waals surface area contributed by atoms with Crippen LogP contribution in [-0.4, -0.2) is 32.3 Å². The van der Waals surface area contributed by atoms with E-state index >= 15 is 0 Å². The Morgan fingerprint density at radius 3 is 1.16 bits per heavy atom. The average Bonchev–Trinajstić information content (AvgIpc) is 2.93. The van der Waals surface area contributed by atoms with Crippen molar-refractivity contribution in [3.63, 3.8) is 0 Å². The van der Waals surface area contributed by atoms with E-state index in [0.29, 0.717) is 0 Å². The predicted molar refractivity (Wildman–Crippen MR) is 239 cm³/mol. The van der Waals surface area contributed by atoms with Gasteiger partial charge >= 0.3 is 0 Å². The Balaban J connectivity index is 2.22. The molecule has 5 heteroatoms. The first-order valence-corrected chi connectivity index (χ1v) is 30.8. The molecule has 4 aromatic rings. The van der Waals surface area contributed by atoms with Crippen molar-refractivity contribution in [2.45, 2.75) is 156 Å². The molecule has 1 nitrogen and oxygen atoms in total. The van der Waals surface area contributed by atoms with Crippen LogP contribution in [0.25, 0.3) is 32.7 Å². The molecule has 0 heterocycles. The molecular weight excluding hydrogens is 655 g/mol. The summed E-state index contributed by atoms with van der Waals surface area (Å²) in [5, 5.41) is 12.6. The summed E-state index contributed by atoms with van der Waals surface area (Å²) >= 11 is 0. The quantitative estimate of drug-likeness (QED) is 0.161. The molecule has 0 aromatic heterocycles. The van der Waals surface area contributed by atoms with Crippen LogP contribution in [0.1, 0.15) is 83.1 Å². The van der Waals surface area contributed by atoms with Crippen LogP contribution < -0.4 is 26.5 Å². The van der Waals surface area contributed by atoms with Gasteiger partial charge in [-0.2, -0.15) is 0 Å². The minimum atomic E-state index is -1.94. The van der Waals surface area contributed by atoms with Crippen LogP contribution >= 0.6 is 0 Å². The largest absolute Gasteiger partial charge is 0.398 e. The van der Waals surface area contributed by atoms with Crippen molar-refractivity contribution in [3.05, 3.63) is 54.6 Å². The lowest BCUT2D eigenvalue weighted by Crippen LogP contribution is -2.51. The zero-order chi connectivity index (χ0) is 37.7. The molecule has 4 rings (SSSR count). The molecule has 0 atom stereocenters. The van der Waals surface area contributed by atoms with Gasteiger partial charge in [0.15, 0.2) is 0 Å². The maximum atomic E-state index is 7.34. The zero-order valence-electron chi connectivity index (χ0n) is 35.3. The molecule has 4 aromatic carbocycles. The number of rotatable bonds is 5. The van der Waals surface area contributed by atoms with Gasteiger partial charge < -0.3 is 5.73 Å². The third-order valence-electron chi connectivity index (χ3n) is 14.7. The zero-order valence-corrected chi connectivity index (χ0v) is 39.3. The Labute approximate surface area is 305 Å². The van der Waals surface area contributed by atoms with Crippen LogP contribution in [-0.2, 0) is 0 Å². The van der Waals surface area contributed by atoms with Gasteiger partial charge in [0, 0.05) is 11.3 Å². The maximum Gasteiger partial charge on any atom is 0.0868 e. The lowest BCUT2D eigenvalue weighted by Gasteiger charge is -2.40. The molecule has 0 aliphatic rings. The van der Waals surface area contributed by atoms with Crippen LogP contribution in [0.5, 0.6) is 0 Å². The summed E-state index contributed by atoms with van der Waals surface area (Å²) in [6.45, 7) is 49.7. The molecule has 0 aliphatic heterocycles. The van der Waals surface area contributed by atoms with Gasteiger partial charge in [-0.3, -0.25) is 0 Å². The van der Waals surface area contributed by atoms with E-state index < -0.39 is 32.3 Å². The molecule has 0 saturated heterocycles. The highest BCUT2D eigenvalue weighted by Crippen LogP contribution is 2.45. The highest BCUT2D eigenvalue weighted by Gasteiger charge is 2.42. The second-order valence-electron chi connectivity index (χ2n) is 21.6. The summed E-state index contributed by atoms with van der Waals surface area (Å²) in [6, 6.07) is 22.4. The molecule has 0 bridgehead atoms. The van der Waals surface area contributed by atoms with Gasteiger partial charge in [-0.25, -0.2) is 0 Å². The third kappa shape index (κ3) is 6.53. The smallest absolute Gasteiger partial charge is 0.0868 e. The summed E-state index contributed by atoms with van der Waals surface area (Å²) in [5.74, 6) is 0. The van der Waals surface area contributed by atoms with Crippen molar-refractivity contribution < 1.29 is 0 Å². The summed E-state index contributed by atoms with van der Waals surface area (Å²) in [5.41, 5.74) is 10.8. The number of hydrogen-bond acceptors (Lipinski definition) is 1. The second-order valence-corrected chi connectivity index (χ2v) is 42.8. The Hall–Kier alpha value is -1.93. The fourth-order valence-electron chi connectivity index (χ4n) is 6.83. The Morgan fingerprint density at radius 1 is 0.388 bits per heavy atom. The summed E-state index contributed by atoms with van der Waals surface area (Å²) in [4.78, 5) is 0. The van der Waals surface area contributed by atoms with Crippen LogP contribution in [0, 0.1) is 0 Å². The monoisotopic (exact) mass is 725 g/mol. The minimum Gasteiger partial charge on any atom is -0.398 e. The number of nitrogens with two attached hydrogens (primary N) is 1. The minimum absolute atomic E-state index is 0.193. The van der Waals surface area contributed by atoms with Gasteiger partial charge in [0.05, 0.1) is 32.3 Å². The van der Waals surface area contributed by atoms with Crippen LogP contribution in [0.2, 0.25) is 72.5 Å². The van der Waals surface area contributed by atoms with Gasteiger partial charge in [0.1, 0.15) is 0 Å². The number of fused-ring (bicyclic) bond motifs is 2. The fraction of sp³-hybridized carbons (Fsp3) is 0.545. The molecule has 0 saturated carbocycles. The SMILES string of the molecule is CC(C)(C)[Si](C)(C)c1ccc2c(-c3c(N)cc([Si](C)(C)C(C)(C)C)c4cc([Si](C)(C)C(C)(C)C)ccc34)ccc([Si](C)(C)C(C)(C)C)c2c1. The highest BCUT2D eigenvalue weighted by molar-refractivity contribution is 6.95. The van der Waals surface area contributed by atoms with E-state index in [4.69, 9.17) is 5.73 Å². The first-order chi connectivity index (χ1) is 21.8. The van der Waals surface area contributed by atoms with E-state index in [9.17, 15) is 0 Å². The summed E-state index contributed by atoms with van der Waals surface area (Å²) < 4.78 is 0. The molecule has 0 radical (unpaired) electrons. The second kappa shape index (κ2) is 12.1. The topological polar surface area (TPSA) is 26.0 Å². The first kappa shape index (κ1) is 39.8. The Kier molecular flexibility index (Phi) is 9.81. The van der Waals surface area contributed by atoms with E-state index in [0.717, 1.165) is 5.69 Å². The average molecular weight is 726 g/mol. The summed E-state index contributed by atoms with van der Waals surface area (Å²) in [6.07, 6.45) is 0. The predicted octanol–water partition coefficient (Wildman–Crippen LogP) is 12.1. The molecular formula is C44H71NSi4. The maximum absolute atomic E-state index is 7.34. The number of benzene rings is 4. The number of anilines is 1. The van der Waals surface area contributed by atoms with E-state index in [-0.39, 0.29) is 20.2 Å². The highest BCUT2D eigenvalue weighted by atomic mass is 28.3. The van der Waals surface area contributed by atoms with Gasteiger partial charge in [0.2, 0.25) is 0 Å². The molecule has 0 spiro atoms. The summed E-state index contributed by atoms with van der Waals surface area (Å²) in [7, 11) is -7.35. The van der Waals surface area contributed by atoms with E-state index in [1.54, 1.807) is 15.6 Å². The first-order valence-electron chi connectivity index (χ1n) is 18.8. The third-order valence-corrected chi connectivity index (χ3v) is 36.8. The van der Waals surface area contributed by atoms with E-state index in [1.807, 2.05) is 0 Å². The standard InChI is InChI=1S/C44H71NSi4/c1-41(2,3)46(13,14)30-21-23-32-33(25-26-38(35(32)27-30)48(17,18)43(7,8)9)40-34-24-22-31(47(15,16)42(4,5)6)28-36(34)39(29-37(40)45)49(19,20)44(10,11)12/h21-29H,45H2,1-20H3. The van der Waals surface area contributed by atoms with Gasteiger partial charge in [-0.15, -0.1) is 0 Å². The number of nitrogen functional groups attached to an aromatic ring is 1. The Bertz CT molecular complexity index is 1900. The molecule has 0 unspecified atom stereocenters. The van der Waals surface area contributed by atoms with Crippen molar-refractivity contribution >= 4 is 80.3 Å². The Morgan fingerprint density at radius 2 is 0.755 bits per heavy atom. The van der Waals surface area contributed by atoms with Crippen LogP contribution in [0.15, 0.2) is 54.6 Å². The lowest BCUT2D eigenvalue weighted by molar-refractivity contribution is 0.729. The molecule has 49 heavy (non-hydrogen) atoms. The van der Waals surface area contributed by atoms with Gasteiger partial charge in [-0.1, -0.05) is 200 Å². The van der Waals surface area contributed by atoms with Crippen molar-refractivity contribution in [2.75, 3.05) is 5.73 Å². The van der Waals surface area contributed by atoms with E-state index in [2.05, 4.69) is 190 Å². The molecule has 0 amide bonds. The van der Waals surface area contributed by atoms with Crippen molar-refractivity contribution in [2.24, 2.45) is 0 Å². The lowest BCUT2D eigenvalue weighted by atomic mass is 9.92. The van der Waals surface area contributed by atoms with Gasteiger partial charge in [0.25, 0.3) is 0 Å².